The lowest BCUT2D eigenvalue weighted by Crippen LogP contribution is -2.55. The summed E-state index contributed by atoms with van der Waals surface area (Å²) in [5.41, 5.74) is -2.22. The number of carbonyl (C=O) groups is 1. The molecule has 1 amide bonds. The van der Waals surface area contributed by atoms with Gasteiger partial charge in [0.2, 0.25) is 6.10 Å². The zero-order valence-corrected chi connectivity index (χ0v) is 13.8. The third kappa shape index (κ3) is 4.20. The van der Waals surface area contributed by atoms with Gasteiger partial charge >= 0.3 is 6.18 Å². The highest BCUT2D eigenvalue weighted by Crippen LogP contribution is 2.35. The number of rotatable bonds is 4. The van der Waals surface area contributed by atoms with E-state index in [1.807, 2.05) is 0 Å². The SMILES string of the molecule is CN(C)C(=O)C(Oc1cccc(C(F)(F)F)c1)C1(O)CCCCC1. The number of hydrogen-bond acceptors (Lipinski definition) is 3. The lowest BCUT2D eigenvalue weighted by Gasteiger charge is -2.39. The van der Waals surface area contributed by atoms with Crippen LogP contribution in [0.15, 0.2) is 24.3 Å². The zero-order chi connectivity index (χ0) is 18.0. The summed E-state index contributed by atoms with van der Waals surface area (Å²) in [4.78, 5) is 13.7. The van der Waals surface area contributed by atoms with Gasteiger partial charge in [0.25, 0.3) is 5.91 Å². The predicted octanol–water partition coefficient (Wildman–Crippen LogP) is 3.24. The molecule has 0 spiro atoms. The molecule has 4 nitrogen and oxygen atoms in total. The number of carbonyl (C=O) groups excluding carboxylic acids is 1. The van der Waals surface area contributed by atoms with Crippen LogP contribution in [0.3, 0.4) is 0 Å². The molecule has 0 aromatic heterocycles. The molecule has 7 heteroatoms. The highest BCUT2D eigenvalue weighted by Gasteiger charge is 2.45. The highest BCUT2D eigenvalue weighted by molar-refractivity contribution is 5.82. The number of ether oxygens (including phenoxy) is 1. The van der Waals surface area contributed by atoms with E-state index >= 15 is 0 Å². The van der Waals surface area contributed by atoms with Gasteiger partial charge in [0.05, 0.1) is 5.56 Å². The summed E-state index contributed by atoms with van der Waals surface area (Å²) in [7, 11) is 3.05. The smallest absolute Gasteiger partial charge is 0.416 e. The minimum atomic E-state index is -4.50. The van der Waals surface area contributed by atoms with Crippen molar-refractivity contribution in [1.29, 1.82) is 0 Å². The minimum Gasteiger partial charge on any atom is -0.478 e. The zero-order valence-electron chi connectivity index (χ0n) is 13.8. The van der Waals surface area contributed by atoms with Crippen LogP contribution in [-0.2, 0) is 11.0 Å². The second-order valence-corrected chi connectivity index (χ2v) is 6.42. The van der Waals surface area contributed by atoms with Crippen LogP contribution in [-0.4, -0.2) is 41.7 Å². The number of alkyl halides is 3. The maximum atomic E-state index is 12.8. The van der Waals surface area contributed by atoms with Crippen molar-refractivity contribution < 1.29 is 27.8 Å². The van der Waals surface area contributed by atoms with Crippen molar-refractivity contribution in [2.24, 2.45) is 0 Å². The number of amides is 1. The van der Waals surface area contributed by atoms with E-state index < -0.39 is 29.4 Å². The molecule has 1 aromatic carbocycles. The summed E-state index contributed by atoms with van der Waals surface area (Å²) < 4.78 is 44.1. The van der Waals surface area contributed by atoms with Crippen molar-refractivity contribution in [3.05, 3.63) is 29.8 Å². The van der Waals surface area contributed by atoms with Gasteiger partial charge in [-0.05, 0) is 31.0 Å². The molecule has 1 aliphatic rings. The van der Waals surface area contributed by atoms with E-state index in [9.17, 15) is 23.1 Å². The lowest BCUT2D eigenvalue weighted by molar-refractivity contribution is -0.154. The summed E-state index contributed by atoms with van der Waals surface area (Å²) in [6.45, 7) is 0. The van der Waals surface area contributed by atoms with Crippen LogP contribution < -0.4 is 4.74 Å². The third-order valence-electron chi connectivity index (χ3n) is 4.29. The normalized spacial score (nSPS) is 18.8. The Labute approximate surface area is 139 Å². The maximum Gasteiger partial charge on any atom is 0.416 e. The minimum absolute atomic E-state index is 0.0796. The Hall–Kier alpha value is -1.76. The Balaban J connectivity index is 2.30. The average molecular weight is 345 g/mol. The van der Waals surface area contributed by atoms with Gasteiger partial charge in [-0.25, -0.2) is 0 Å². The molecule has 1 N–H and O–H groups in total. The Morgan fingerprint density at radius 3 is 2.42 bits per heavy atom. The lowest BCUT2D eigenvalue weighted by atomic mass is 9.80. The molecule has 0 aliphatic heterocycles. The second kappa shape index (κ2) is 7.01. The van der Waals surface area contributed by atoms with Crippen molar-refractivity contribution in [3.8, 4) is 5.75 Å². The van der Waals surface area contributed by atoms with Crippen LogP contribution in [0.5, 0.6) is 5.75 Å². The van der Waals surface area contributed by atoms with E-state index in [2.05, 4.69) is 0 Å². The molecule has 0 radical (unpaired) electrons. The molecule has 0 bridgehead atoms. The first-order valence-corrected chi connectivity index (χ1v) is 7.91. The summed E-state index contributed by atoms with van der Waals surface area (Å²) >= 11 is 0. The number of benzene rings is 1. The number of halogens is 3. The average Bonchev–Trinajstić information content (AvgIpc) is 2.52. The van der Waals surface area contributed by atoms with Crippen LogP contribution in [0.25, 0.3) is 0 Å². The molecular weight excluding hydrogens is 323 g/mol. The predicted molar refractivity (Wildman–Crippen MR) is 82.6 cm³/mol. The van der Waals surface area contributed by atoms with Gasteiger partial charge < -0.3 is 14.7 Å². The fraction of sp³-hybridized carbons (Fsp3) is 0.588. The Bertz CT molecular complexity index is 581. The van der Waals surface area contributed by atoms with E-state index in [0.717, 1.165) is 31.4 Å². The highest BCUT2D eigenvalue weighted by atomic mass is 19.4. The van der Waals surface area contributed by atoms with Crippen LogP contribution >= 0.6 is 0 Å². The standard InChI is InChI=1S/C17H22F3NO3/c1-21(2)15(22)14(16(23)9-4-3-5-10-16)24-13-8-6-7-12(11-13)17(18,19)20/h6-8,11,14,23H,3-5,9-10H2,1-2H3. The molecule has 1 atom stereocenters. The second-order valence-electron chi connectivity index (χ2n) is 6.42. The molecule has 24 heavy (non-hydrogen) atoms. The molecule has 1 aromatic rings. The van der Waals surface area contributed by atoms with Crippen molar-refractivity contribution in [3.63, 3.8) is 0 Å². The molecule has 0 heterocycles. The molecular formula is C17H22F3NO3. The first-order valence-electron chi connectivity index (χ1n) is 7.91. The molecule has 134 valence electrons. The van der Waals surface area contributed by atoms with Crippen LogP contribution in [0.4, 0.5) is 13.2 Å². The number of likely N-dealkylation sites (N-methyl/N-ethyl adjacent to an activating group) is 1. The molecule has 2 rings (SSSR count). The van der Waals surface area contributed by atoms with Crippen molar-refractivity contribution >= 4 is 5.91 Å². The fourth-order valence-electron chi connectivity index (χ4n) is 2.93. The van der Waals surface area contributed by atoms with Crippen molar-refractivity contribution in [1.82, 2.24) is 4.90 Å². The van der Waals surface area contributed by atoms with Gasteiger partial charge in [-0.15, -0.1) is 0 Å². The van der Waals surface area contributed by atoms with E-state index in [-0.39, 0.29) is 5.75 Å². The molecule has 1 saturated carbocycles. The largest absolute Gasteiger partial charge is 0.478 e. The van der Waals surface area contributed by atoms with Gasteiger partial charge in [0.1, 0.15) is 11.4 Å². The summed E-state index contributed by atoms with van der Waals surface area (Å²) in [6, 6.07) is 4.37. The van der Waals surface area contributed by atoms with Gasteiger partial charge in [0, 0.05) is 14.1 Å². The topological polar surface area (TPSA) is 49.8 Å². The molecule has 1 aliphatic carbocycles. The molecule has 1 fully saturated rings. The Morgan fingerprint density at radius 1 is 1.25 bits per heavy atom. The quantitative estimate of drug-likeness (QED) is 0.911. The van der Waals surface area contributed by atoms with Gasteiger partial charge in [0.15, 0.2) is 0 Å². The van der Waals surface area contributed by atoms with Crippen molar-refractivity contribution in [2.45, 2.75) is 50.0 Å². The number of aliphatic hydroxyl groups is 1. The number of nitrogens with zero attached hydrogens (tertiary/aromatic N) is 1. The fourth-order valence-corrected chi connectivity index (χ4v) is 2.93. The van der Waals surface area contributed by atoms with Crippen LogP contribution in [0, 0.1) is 0 Å². The van der Waals surface area contributed by atoms with Gasteiger partial charge in [-0.3, -0.25) is 4.79 Å². The van der Waals surface area contributed by atoms with E-state index in [4.69, 9.17) is 4.74 Å². The van der Waals surface area contributed by atoms with Gasteiger partial charge in [-0.2, -0.15) is 13.2 Å². The first-order chi connectivity index (χ1) is 11.1. The summed E-state index contributed by atoms with van der Waals surface area (Å²) in [6.07, 6.45) is -2.50. The van der Waals surface area contributed by atoms with E-state index in [1.54, 1.807) is 0 Å². The first kappa shape index (κ1) is 18.6. The Morgan fingerprint density at radius 2 is 1.88 bits per heavy atom. The van der Waals surface area contributed by atoms with Crippen molar-refractivity contribution in [2.75, 3.05) is 14.1 Å². The third-order valence-corrected chi connectivity index (χ3v) is 4.29. The molecule has 1 unspecified atom stereocenters. The maximum absolute atomic E-state index is 12.8. The van der Waals surface area contributed by atoms with E-state index in [0.29, 0.717) is 12.8 Å². The van der Waals surface area contributed by atoms with Gasteiger partial charge in [-0.1, -0.05) is 25.3 Å². The summed E-state index contributed by atoms with van der Waals surface area (Å²) in [5, 5.41) is 10.8. The number of hydrogen-bond donors (Lipinski definition) is 1. The monoisotopic (exact) mass is 345 g/mol. The Kier molecular flexibility index (Phi) is 5.42. The summed E-state index contributed by atoms with van der Waals surface area (Å²) in [5.74, 6) is -0.541. The van der Waals surface area contributed by atoms with Crippen LogP contribution in [0.2, 0.25) is 0 Å². The van der Waals surface area contributed by atoms with E-state index in [1.165, 1.54) is 31.1 Å². The molecule has 0 saturated heterocycles. The van der Waals surface area contributed by atoms with Crippen LogP contribution in [0.1, 0.15) is 37.7 Å².